The highest BCUT2D eigenvalue weighted by Crippen LogP contribution is 2.39. The fraction of sp³-hybridized carbons (Fsp3) is 0.379. The van der Waals surface area contributed by atoms with E-state index < -0.39 is 14.6 Å². The maximum Gasteiger partial charge on any atom is 0.261 e. The van der Waals surface area contributed by atoms with Crippen molar-refractivity contribution in [3.63, 3.8) is 0 Å². The molecular formula is C29H36O4Si. The van der Waals surface area contributed by atoms with Gasteiger partial charge in [-0.05, 0) is 27.9 Å². The molecule has 1 fully saturated rings. The first-order valence-electron chi connectivity index (χ1n) is 12.1. The van der Waals surface area contributed by atoms with Gasteiger partial charge in [-0.1, -0.05) is 112 Å². The van der Waals surface area contributed by atoms with E-state index in [4.69, 9.17) is 13.9 Å². The standard InChI is InChI=1S/C29H36O4Si/c1-22(28-26(20-27(30)32-28)31-21-23-14-8-5-9-15-23)33-34(29(2,3)4,24-16-10-6-11-17-24)25-18-12-7-13-19-25/h5-19,22,26-28,30H,20-21H2,1-4H3/t22-,26-,27+,28+/m0/s1. The van der Waals surface area contributed by atoms with Gasteiger partial charge in [0.2, 0.25) is 0 Å². The maximum atomic E-state index is 10.4. The minimum absolute atomic E-state index is 0.137. The van der Waals surface area contributed by atoms with Crippen LogP contribution in [0.15, 0.2) is 91.0 Å². The van der Waals surface area contributed by atoms with E-state index in [0.29, 0.717) is 13.0 Å². The van der Waals surface area contributed by atoms with Crippen LogP contribution in [0, 0.1) is 0 Å². The van der Waals surface area contributed by atoms with Crippen molar-refractivity contribution in [3.8, 4) is 0 Å². The molecule has 34 heavy (non-hydrogen) atoms. The molecule has 4 rings (SSSR count). The summed E-state index contributed by atoms with van der Waals surface area (Å²) < 4.78 is 19.4. The summed E-state index contributed by atoms with van der Waals surface area (Å²) in [5.74, 6) is 0. The molecule has 1 saturated heterocycles. The Kier molecular flexibility index (Phi) is 7.70. The minimum Gasteiger partial charge on any atom is -0.402 e. The van der Waals surface area contributed by atoms with E-state index in [2.05, 4.69) is 76.2 Å². The van der Waals surface area contributed by atoms with Crippen molar-refractivity contribution in [3.05, 3.63) is 96.6 Å². The average Bonchev–Trinajstić information content (AvgIpc) is 3.22. The van der Waals surface area contributed by atoms with Crippen LogP contribution in [0.25, 0.3) is 0 Å². The number of benzene rings is 3. The zero-order valence-electron chi connectivity index (χ0n) is 20.6. The van der Waals surface area contributed by atoms with Crippen molar-refractivity contribution in [2.45, 2.75) is 70.4 Å². The van der Waals surface area contributed by atoms with Gasteiger partial charge in [0.1, 0.15) is 6.10 Å². The fourth-order valence-electron chi connectivity index (χ4n) is 5.05. The molecule has 5 heteroatoms. The molecule has 0 aliphatic carbocycles. The lowest BCUT2D eigenvalue weighted by molar-refractivity contribution is -0.128. The van der Waals surface area contributed by atoms with Crippen LogP contribution in [-0.4, -0.2) is 38.0 Å². The third-order valence-corrected chi connectivity index (χ3v) is 11.8. The van der Waals surface area contributed by atoms with E-state index in [0.717, 1.165) is 5.56 Å². The zero-order valence-corrected chi connectivity index (χ0v) is 21.6. The second-order valence-electron chi connectivity index (χ2n) is 10.1. The van der Waals surface area contributed by atoms with Crippen LogP contribution < -0.4 is 10.4 Å². The van der Waals surface area contributed by atoms with Gasteiger partial charge in [0.15, 0.2) is 6.29 Å². The predicted octanol–water partition coefficient (Wildman–Crippen LogP) is 4.64. The molecule has 180 valence electrons. The number of rotatable bonds is 8. The Morgan fingerprint density at radius 3 is 1.88 bits per heavy atom. The smallest absolute Gasteiger partial charge is 0.261 e. The normalized spacial score (nSPS) is 22.0. The number of hydrogen-bond donors (Lipinski definition) is 1. The zero-order chi connectivity index (χ0) is 24.2. The Labute approximate surface area is 204 Å². The van der Waals surface area contributed by atoms with Gasteiger partial charge in [0.25, 0.3) is 8.32 Å². The van der Waals surface area contributed by atoms with Crippen LogP contribution >= 0.6 is 0 Å². The summed E-state index contributed by atoms with van der Waals surface area (Å²) in [7, 11) is -2.74. The van der Waals surface area contributed by atoms with Crippen molar-refractivity contribution in [1.82, 2.24) is 0 Å². The second kappa shape index (κ2) is 10.5. The van der Waals surface area contributed by atoms with Gasteiger partial charge in [0, 0.05) is 6.42 Å². The molecule has 0 aromatic heterocycles. The molecule has 0 saturated carbocycles. The van der Waals surface area contributed by atoms with Crippen LogP contribution in [0.5, 0.6) is 0 Å². The van der Waals surface area contributed by atoms with E-state index in [9.17, 15) is 5.11 Å². The topological polar surface area (TPSA) is 47.9 Å². The van der Waals surface area contributed by atoms with Crippen molar-refractivity contribution in [1.29, 1.82) is 0 Å². The molecule has 4 atom stereocenters. The van der Waals surface area contributed by atoms with Crippen molar-refractivity contribution < 1.29 is 19.0 Å². The Morgan fingerprint density at radius 1 is 0.882 bits per heavy atom. The SMILES string of the molecule is C[C@H](O[Si](c1ccccc1)(c1ccccc1)C(C)(C)C)[C@H]1O[C@@H](O)C[C@@H]1OCc1ccccc1. The molecule has 1 aliphatic heterocycles. The number of hydrogen-bond acceptors (Lipinski definition) is 4. The molecule has 0 unspecified atom stereocenters. The molecule has 1 heterocycles. The third-order valence-electron chi connectivity index (χ3n) is 6.66. The number of aliphatic hydroxyl groups is 1. The van der Waals surface area contributed by atoms with Gasteiger partial charge in [-0.25, -0.2) is 0 Å². The molecule has 3 aromatic carbocycles. The lowest BCUT2D eigenvalue weighted by Gasteiger charge is -2.45. The third kappa shape index (κ3) is 5.19. The van der Waals surface area contributed by atoms with Crippen LogP contribution in [-0.2, 0) is 20.5 Å². The Balaban J connectivity index is 1.65. The van der Waals surface area contributed by atoms with Crippen LogP contribution in [0.4, 0.5) is 0 Å². The van der Waals surface area contributed by atoms with E-state index >= 15 is 0 Å². The van der Waals surface area contributed by atoms with Crippen LogP contribution in [0.3, 0.4) is 0 Å². The second-order valence-corrected chi connectivity index (χ2v) is 14.4. The lowest BCUT2D eigenvalue weighted by Crippen LogP contribution is -2.68. The Hall–Kier alpha value is -2.28. The molecule has 0 spiro atoms. The van der Waals surface area contributed by atoms with Crippen LogP contribution in [0.1, 0.15) is 39.7 Å². The fourth-order valence-corrected chi connectivity index (χ4v) is 9.75. The molecule has 0 amide bonds. The van der Waals surface area contributed by atoms with Crippen molar-refractivity contribution in [2.75, 3.05) is 0 Å². The van der Waals surface area contributed by atoms with E-state index in [1.807, 2.05) is 42.5 Å². The Bertz CT molecular complexity index is 981. The monoisotopic (exact) mass is 476 g/mol. The first-order valence-corrected chi connectivity index (χ1v) is 14.0. The summed E-state index contributed by atoms with van der Waals surface area (Å²) in [5, 5.41) is 12.7. The number of ether oxygens (including phenoxy) is 2. The predicted molar refractivity (Wildman–Crippen MR) is 139 cm³/mol. The lowest BCUT2D eigenvalue weighted by atomic mass is 10.1. The average molecular weight is 477 g/mol. The van der Waals surface area contributed by atoms with Crippen molar-refractivity contribution in [2.24, 2.45) is 0 Å². The van der Waals surface area contributed by atoms with E-state index in [-0.39, 0.29) is 23.4 Å². The van der Waals surface area contributed by atoms with Gasteiger partial charge >= 0.3 is 0 Å². The van der Waals surface area contributed by atoms with Gasteiger partial charge in [-0.3, -0.25) is 0 Å². The molecule has 1 N–H and O–H groups in total. The Morgan fingerprint density at radius 2 is 1.38 bits per heavy atom. The quantitative estimate of drug-likeness (QED) is 0.481. The summed E-state index contributed by atoms with van der Waals surface area (Å²) in [6.45, 7) is 9.32. The summed E-state index contributed by atoms with van der Waals surface area (Å²) in [6, 6.07) is 31.3. The molecule has 4 nitrogen and oxygen atoms in total. The van der Waals surface area contributed by atoms with Gasteiger partial charge < -0.3 is 19.0 Å². The first kappa shape index (κ1) is 24.8. The molecule has 1 aliphatic rings. The molecule has 3 aromatic rings. The van der Waals surface area contributed by atoms with Gasteiger partial charge in [-0.15, -0.1) is 0 Å². The first-order chi connectivity index (χ1) is 16.3. The minimum atomic E-state index is -2.74. The molecule has 0 bridgehead atoms. The van der Waals surface area contributed by atoms with E-state index in [1.165, 1.54) is 10.4 Å². The highest BCUT2D eigenvalue weighted by Gasteiger charge is 2.53. The molecule has 0 radical (unpaired) electrons. The maximum absolute atomic E-state index is 10.4. The number of aliphatic hydroxyl groups excluding tert-OH is 1. The van der Waals surface area contributed by atoms with Gasteiger partial charge in [0.05, 0.1) is 18.8 Å². The van der Waals surface area contributed by atoms with Crippen LogP contribution in [0.2, 0.25) is 5.04 Å². The molecular weight excluding hydrogens is 440 g/mol. The summed E-state index contributed by atoms with van der Waals surface area (Å²) >= 11 is 0. The summed E-state index contributed by atoms with van der Waals surface area (Å²) in [4.78, 5) is 0. The van der Waals surface area contributed by atoms with Gasteiger partial charge in [-0.2, -0.15) is 0 Å². The highest BCUT2D eigenvalue weighted by atomic mass is 28.4. The van der Waals surface area contributed by atoms with Crippen molar-refractivity contribution >= 4 is 18.7 Å². The van der Waals surface area contributed by atoms with E-state index in [1.54, 1.807) is 0 Å². The summed E-state index contributed by atoms with van der Waals surface area (Å²) in [6.07, 6.45) is -1.30. The largest absolute Gasteiger partial charge is 0.402 e. The highest BCUT2D eigenvalue weighted by molar-refractivity contribution is 6.99. The summed E-state index contributed by atoms with van der Waals surface area (Å²) in [5.41, 5.74) is 1.10.